The molecule has 0 spiro atoms. The molecule has 0 bridgehead atoms. The van der Waals surface area contributed by atoms with E-state index in [0.29, 0.717) is 30.3 Å². The second-order valence-corrected chi connectivity index (χ2v) is 6.51. The molecule has 2 aromatic heterocycles. The van der Waals surface area contributed by atoms with Gasteiger partial charge in [0.25, 0.3) is 0 Å². The van der Waals surface area contributed by atoms with Gasteiger partial charge in [-0.05, 0) is 36.8 Å². The maximum Gasteiger partial charge on any atom is 0.242 e. The van der Waals surface area contributed by atoms with Crippen molar-refractivity contribution in [2.45, 2.75) is 13.5 Å². The lowest BCUT2D eigenvalue weighted by Gasteiger charge is -2.34. The molecule has 128 valence electrons. The lowest BCUT2D eigenvalue weighted by Crippen LogP contribution is -2.50. The molecule has 0 atom stereocenters. The van der Waals surface area contributed by atoms with Gasteiger partial charge in [-0.2, -0.15) is 4.52 Å². The van der Waals surface area contributed by atoms with Crippen molar-refractivity contribution in [3.05, 3.63) is 52.8 Å². The molecule has 3 heterocycles. The standard InChI is InChI=1S/C17H17ClN6O/c1-12-19-20-15-6-7-16(21-24(12)15)22-8-9-23(17(25)11-22)10-13-2-4-14(18)5-3-13/h2-7H,8-11H2,1H3. The van der Waals surface area contributed by atoms with Crippen molar-refractivity contribution in [2.75, 3.05) is 24.5 Å². The molecule has 7 nitrogen and oxygen atoms in total. The number of carbonyl (C=O) groups excluding carboxylic acids is 1. The van der Waals surface area contributed by atoms with E-state index in [0.717, 1.165) is 23.8 Å². The van der Waals surface area contributed by atoms with E-state index in [9.17, 15) is 4.79 Å². The van der Waals surface area contributed by atoms with E-state index >= 15 is 0 Å². The van der Waals surface area contributed by atoms with Gasteiger partial charge in [0.05, 0.1) is 6.54 Å². The Balaban J connectivity index is 1.47. The van der Waals surface area contributed by atoms with Crippen LogP contribution in [0.3, 0.4) is 0 Å². The molecule has 0 aliphatic carbocycles. The first kappa shape index (κ1) is 15.8. The Hall–Kier alpha value is -2.67. The SMILES string of the molecule is Cc1nnc2ccc(N3CCN(Cc4ccc(Cl)cc4)C(=O)C3)nn12. The molecule has 0 N–H and O–H groups in total. The van der Waals surface area contributed by atoms with Gasteiger partial charge in [0.2, 0.25) is 5.91 Å². The summed E-state index contributed by atoms with van der Waals surface area (Å²) in [6, 6.07) is 11.3. The Kier molecular flexibility index (Phi) is 4.01. The molecular weight excluding hydrogens is 340 g/mol. The maximum absolute atomic E-state index is 12.5. The molecule has 1 amide bonds. The number of nitrogens with zero attached hydrogens (tertiary/aromatic N) is 6. The Morgan fingerprint density at radius 2 is 1.88 bits per heavy atom. The molecule has 3 aromatic rings. The van der Waals surface area contributed by atoms with E-state index in [1.54, 1.807) is 4.52 Å². The van der Waals surface area contributed by atoms with Crippen LogP contribution in [0.2, 0.25) is 5.02 Å². The van der Waals surface area contributed by atoms with Gasteiger partial charge in [-0.15, -0.1) is 15.3 Å². The second-order valence-electron chi connectivity index (χ2n) is 6.07. The Labute approximate surface area is 149 Å². The molecule has 4 rings (SSSR count). The van der Waals surface area contributed by atoms with Crippen molar-refractivity contribution in [1.82, 2.24) is 24.7 Å². The van der Waals surface area contributed by atoms with Gasteiger partial charge < -0.3 is 9.80 Å². The van der Waals surface area contributed by atoms with Gasteiger partial charge in [0.15, 0.2) is 11.5 Å². The number of amides is 1. The largest absolute Gasteiger partial charge is 0.344 e. The lowest BCUT2D eigenvalue weighted by molar-refractivity contribution is -0.131. The van der Waals surface area contributed by atoms with Crippen molar-refractivity contribution in [3.63, 3.8) is 0 Å². The molecule has 1 fully saturated rings. The first-order valence-electron chi connectivity index (χ1n) is 8.06. The first-order valence-corrected chi connectivity index (χ1v) is 8.44. The van der Waals surface area contributed by atoms with Gasteiger partial charge in [-0.1, -0.05) is 23.7 Å². The molecule has 1 aliphatic rings. The highest BCUT2D eigenvalue weighted by Gasteiger charge is 2.25. The highest BCUT2D eigenvalue weighted by molar-refractivity contribution is 6.30. The number of halogens is 1. The number of hydrogen-bond acceptors (Lipinski definition) is 5. The smallest absolute Gasteiger partial charge is 0.242 e. The Morgan fingerprint density at radius 1 is 1.08 bits per heavy atom. The normalized spacial score (nSPS) is 15.2. The highest BCUT2D eigenvalue weighted by Crippen LogP contribution is 2.17. The molecule has 1 aromatic carbocycles. The minimum Gasteiger partial charge on any atom is -0.344 e. The number of aryl methyl sites for hydroxylation is 1. The Morgan fingerprint density at radius 3 is 2.64 bits per heavy atom. The van der Waals surface area contributed by atoms with Gasteiger partial charge in [-0.3, -0.25) is 4.79 Å². The fourth-order valence-electron chi connectivity index (χ4n) is 2.94. The zero-order valence-corrected chi connectivity index (χ0v) is 14.5. The van der Waals surface area contributed by atoms with Crippen LogP contribution in [0.15, 0.2) is 36.4 Å². The molecule has 1 saturated heterocycles. The van der Waals surface area contributed by atoms with Crippen molar-refractivity contribution >= 4 is 29.0 Å². The fraction of sp³-hybridized carbons (Fsp3) is 0.294. The van der Waals surface area contributed by atoms with E-state index < -0.39 is 0 Å². The van der Waals surface area contributed by atoms with Crippen molar-refractivity contribution < 1.29 is 4.79 Å². The van der Waals surface area contributed by atoms with E-state index in [-0.39, 0.29) is 5.91 Å². The molecule has 1 aliphatic heterocycles. The van der Waals surface area contributed by atoms with Crippen LogP contribution < -0.4 is 4.90 Å². The zero-order chi connectivity index (χ0) is 17.4. The third-order valence-electron chi connectivity index (χ3n) is 4.33. The van der Waals surface area contributed by atoms with Crippen LogP contribution in [0.1, 0.15) is 11.4 Å². The number of rotatable bonds is 3. The van der Waals surface area contributed by atoms with Crippen LogP contribution in [0, 0.1) is 6.92 Å². The fourth-order valence-corrected chi connectivity index (χ4v) is 3.06. The second kappa shape index (κ2) is 6.33. The van der Waals surface area contributed by atoms with Crippen LogP contribution >= 0.6 is 11.6 Å². The predicted octanol–water partition coefficient (Wildman–Crippen LogP) is 1.93. The molecule has 0 unspecified atom stereocenters. The number of fused-ring (bicyclic) bond motifs is 1. The summed E-state index contributed by atoms with van der Waals surface area (Å²) >= 11 is 5.91. The number of carbonyl (C=O) groups is 1. The topological polar surface area (TPSA) is 66.6 Å². The van der Waals surface area contributed by atoms with E-state index in [1.165, 1.54) is 0 Å². The summed E-state index contributed by atoms with van der Waals surface area (Å²) < 4.78 is 1.69. The number of benzene rings is 1. The predicted molar refractivity (Wildman–Crippen MR) is 94.6 cm³/mol. The van der Waals surface area contributed by atoms with Crippen LogP contribution in [-0.2, 0) is 11.3 Å². The minimum atomic E-state index is 0.0866. The number of aromatic nitrogens is 4. The molecule has 25 heavy (non-hydrogen) atoms. The summed E-state index contributed by atoms with van der Waals surface area (Å²) in [5.41, 5.74) is 1.78. The zero-order valence-electron chi connectivity index (χ0n) is 13.8. The van der Waals surface area contributed by atoms with Crippen LogP contribution in [0.5, 0.6) is 0 Å². The minimum absolute atomic E-state index is 0.0866. The third-order valence-corrected chi connectivity index (χ3v) is 4.59. The lowest BCUT2D eigenvalue weighted by atomic mass is 10.2. The molecule has 0 saturated carbocycles. The molecule has 0 radical (unpaired) electrons. The first-order chi connectivity index (χ1) is 12.1. The van der Waals surface area contributed by atoms with Gasteiger partial charge in [0.1, 0.15) is 5.82 Å². The van der Waals surface area contributed by atoms with Crippen LogP contribution in [-0.4, -0.2) is 50.3 Å². The average Bonchev–Trinajstić information content (AvgIpc) is 2.99. The average molecular weight is 357 g/mol. The molecular formula is C17H17ClN6O. The maximum atomic E-state index is 12.5. The van der Waals surface area contributed by atoms with Gasteiger partial charge >= 0.3 is 0 Å². The summed E-state index contributed by atoms with van der Waals surface area (Å²) in [5.74, 6) is 1.57. The van der Waals surface area contributed by atoms with Crippen molar-refractivity contribution in [1.29, 1.82) is 0 Å². The van der Waals surface area contributed by atoms with E-state index in [4.69, 9.17) is 11.6 Å². The summed E-state index contributed by atoms with van der Waals surface area (Å²) in [7, 11) is 0. The van der Waals surface area contributed by atoms with E-state index in [2.05, 4.69) is 15.3 Å². The third kappa shape index (κ3) is 3.15. The van der Waals surface area contributed by atoms with E-state index in [1.807, 2.05) is 53.1 Å². The summed E-state index contributed by atoms with van der Waals surface area (Å²) in [5, 5.41) is 13.3. The number of anilines is 1. The number of hydrogen-bond donors (Lipinski definition) is 0. The van der Waals surface area contributed by atoms with Gasteiger partial charge in [0, 0.05) is 24.7 Å². The summed E-state index contributed by atoms with van der Waals surface area (Å²) in [4.78, 5) is 16.4. The van der Waals surface area contributed by atoms with Crippen molar-refractivity contribution in [2.24, 2.45) is 0 Å². The summed E-state index contributed by atoms with van der Waals surface area (Å²) in [6.45, 7) is 4.15. The Bertz CT molecular complexity index is 923. The number of piperazine rings is 1. The molecule has 8 heteroatoms. The monoisotopic (exact) mass is 356 g/mol. The highest BCUT2D eigenvalue weighted by atomic mass is 35.5. The van der Waals surface area contributed by atoms with Crippen LogP contribution in [0.25, 0.3) is 5.65 Å². The quantitative estimate of drug-likeness (QED) is 0.717. The summed E-state index contributed by atoms with van der Waals surface area (Å²) in [6.07, 6.45) is 0. The van der Waals surface area contributed by atoms with Crippen molar-refractivity contribution in [3.8, 4) is 0 Å². The van der Waals surface area contributed by atoms with Gasteiger partial charge in [-0.25, -0.2) is 0 Å². The van der Waals surface area contributed by atoms with Crippen LogP contribution in [0.4, 0.5) is 5.82 Å².